The summed E-state index contributed by atoms with van der Waals surface area (Å²) in [4.78, 5) is 32.6. The van der Waals surface area contributed by atoms with Crippen LogP contribution in [-0.2, 0) is 9.59 Å². The summed E-state index contributed by atoms with van der Waals surface area (Å²) in [7, 11) is 0. The van der Waals surface area contributed by atoms with Gasteiger partial charge in [-0.1, -0.05) is 23.7 Å². The van der Waals surface area contributed by atoms with Gasteiger partial charge in [0.1, 0.15) is 11.6 Å². The minimum Gasteiger partial charge on any atom is -0.507 e. The Morgan fingerprint density at radius 3 is 2.47 bits per heavy atom. The Morgan fingerprint density at radius 2 is 1.87 bits per heavy atom. The van der Waals surface area contributed by atoms with Gasteiger partial charge < -0.3 is 5.11 Å². The Balaban J connectivity index is 1.96. The first kappa shape index (κ1) is 20.3. The molecule has 8 heteroatoms. The van der Waals surface area contributed by atoms with E-state index in [0.717, 1.165) is 10.6 Å². The molecule has 30 heavy (non-hydrogen) atoms. The highest BCUT2D eigenvalue weighted by atomic mass is 35.5. The van der Waals surface area contributed by atoms with Crippen LogP contribution in [0.3, 0.4) is 0 Å². The number of aliphatic hydroxyl groups is 1. The quantitative estimate of drug-likeness (QED) is 0.344. The number of halogens is 2. The van der Waals surface area contributed by atoms with E-state index in [0.29, 0.717) is 15.7 Å². The van der Waals surface area contributed by atoms with Gasteiger partial charge in [-0.15, -0.1) is 11.3 Å². The second-order valence-electron chi connectivity index (χ2n) is 6.87. The molecule has 1 saturated heterocycles. The number of benzene rings is 2. The van der Waals surface area contributed by atoms with E-state index in [4.69, 9.17) is 11.6 Å². The van der Waals surface area contributed by atoms with Gasteiger partial charge in [-0.3, -0.25) is 14.5 Å². The zero-order chi connectivity index (χ0) is 21.6. The van der Waals surface area contributed by atoms with Crippen molar-refractivity contribution in [1.29, 1.82) is 0 Å². The normalized spacial score (nSPS) is 18.3. The number of aryl methyl sites for hydroxylation is 2. The third-order valence-corrected chi connectivity index (χ3v) is 6.26. The van der Waals surface area contributed by atoms with Gasteiger partial charge in [0, 0.05) is 15.5 Å². The highest BCUT2D eigenvalue weighted by molar-refractivity contribution is 7.16. The molecular formula is C22H16ClFN2O3S. The molecule has 1 fully saturated rings. The predicted molar refractivity (Wildman–Crippen MR) is 114 cm³/mol. The molecule has 1 amide bonds. The van der Waals surface area contributed by atoms with Crippen LogP contribution in [-0.4, -0.2) is 21.8 Å². The van der Waals surface area contributed by atoms with Crippen LogP contribution in [0, 0.1) is 19.7 Å². The summed E-state index contributed by atoms with van der Waals surface area (Å²) in [6, 6.07) is 10.9. The zero-order valence-electron chi connectivity index (χ0n) is 16.0. The van der Waals surface area contributed by atoms with Crippen LogP contribution in [0.2, 0.25) is 5.02 Å². The number of hydrogen-bond donors (Lipinski definition) is 1. The number of aromatic nitrogens is 1. The maximum absolute atomic E-state index is 13.3. The number of amides is 1. The van der Waals surface area contributed by atoms with Crippen LogP contribution in [0.1, 0.15) is 27.7 Å². The summed E-state index contributed by atoms with van der Waals surface area (Å²) in [5.41, 5.74) is 1.43. The molecule has 1 unspecified atom stereocenters. The molecular weight excluding hydrogens is 427 g/mol. The molecule has 1 aliphatic heterocycles. The Labute approximate surface area is 181 Å². The maximum atomic E-state index is 13.3. The summed E-state index contributed by atoms with van der Waals surface area (Å²) < 4.78 is 13.3. The lowest BCUT2D eigenvalue weighted by Crippen LogP contribution is -2.29. The number of ketones is 1. The van der Waals surface area contributed by atoms with Crippen molar-refractivity contribution >= 4 is 45.5 Å². The molecule has 1 aromatic heterocycles. The van der Waals surface area contributed by atoms with Crippen molar-refractivity contribution in [3.8, 4) is 0 Å². The monoisotopic (exact) mass is 442 g/mol. The molecule has 1 N–H and O–H groups in total. The molecule has 2 heterocycles. The number of nitrogens with zero attached hydrogens (tertiary/aromatic N) is 2. The average Bonchev–Trinajstić information content (AvgIpc) is 3.18. The summed E-state index contributed by atoms with van der Waals surface area (Å²) in [6.07, 6.45) is 0. The van der Waals surface area contributed by atoms with Gasteiger partial charge in [0.2, 0.25) is 0 Å². The molecule has 1 aliphatic rings. The fourth-order valence-corrected chi connectivity index (χ4v) is 4.48. The zero-order valence-corrected chi connectivity index (χ0v) is 17.6. The molecule has 0 saturated carbocycles. The standard InChI is InChI=1S/C22H16ClFN2O3S/c1-11-12(2)30-22(25-11)26-18(14-4-3-5-15(23)10-14)17(20(28)21(26)29)19(27)13-6-8-16(24)9-7-13/h3-10,18,27H,1-2H3/b19-17+. The van der Waals surface area contributed by atoms with E-state index in [9.17, 15) is 19.1 Å². The molecule has 1 atom stereocenters. The molecule has 0 bridgehead atoms. The molecule has 4 rings (SSSR count). The Hall–Kier alpha value is -3.03. The molecule has 3 aromatic rings. The Bertz CT molecular complexity index is 1180. The molecule has 0 spiro atoms. The van der Waals surface area contributed by atoms with Gasteiger partial charge in [0.05, 0.1) is 17.3 Å². The van der Waals surface area contributed by atoms with Crippen molar-refractivity contribution in [3.05, 3.63) is 86.6 Å². The lowest BCUT2D eigenvalue weighted by Gasteiger charge is -2.23. The Kier molecular flexibility index (Phi) is 5.17. The van der Waals surface area contributed by atoms with Crippen molar-refractivity contribution in [2.75, 3.05) is 4.90 Å². The largest absolute Gasteiger partial charge is 0.507 e. The first-order valence-corrected chi connectivity index (χ1v) is 10.2. The lowest BCUT2D eigenvalue weighted by molar-refractivity contribution is -0.132. The fraction of sp³-hybridized carbons (Fsp3) is 0.136. The van der Waals surface area contributed by atoms with E-state index >= 15 is 0 Å². The number of anilines is 1. The third kappa shape index (κ3) is 3.40. The highest BCUT2D eigenvalue weighted by Gasteiger charge is 2.48. The topological polar surface area (TPSA) is 70.5 Å². The molecule has 5 nitrogen and oxygen atoms in total. The van der Waals surface area contributed by atoms with Crippen molar-refractivity contribution in [2.24, 2.45) is 0 Å². The molecule has 0 aliphatic carbocycles. The van der Waals surface area contributed by atoms with Crippen molar-refractivity contribution in [1.82, 2.24) is 4.98 Å². The first-order chi connectivity index (χ1) is 14.3. The number of aliphatic hydroxyl groups excluding tert-OH is 1. The van der Waals surface area contributed by atoms with Crippen LogP contribution in [0.15, 0.2) is 54.1 Å². The Morgan fingerprint density at radius 1 is 1.17 bits per heavy atom. The van der Waals surface area contributed by atoms with Gasteiger partial charge in [0.15, 0.2) is 5.13 Å². The number of hydrogen-bond acceptors (Lipinski definition) is 5. The lowest BCUT2D eigenvalue weighted by atomic mass is 9.95. The minimum absolute atomic E-state index is 0.0978. The second-order valence-corrected chi connectivity index (χ2v) is 8.49. The average molecular weight is 443 g/mol. The SMILES string of the molecule is Cc1nc(N2C(=O)C(=O)/C(=C(/O)c3ccc(F)cc3)C2c2cccc(Cl)c2)sc1C. The second kappa shape index (κ2) is 7.66. The van der Waals surface area contributed by atoms with Crippen LogP contribution >= 0.6 is 22.9 Å². The molecule has 152 valence electrons. The predicted octanol–water partition coefficient (Wildman–Crippen LogP) is 5.18. The van der Waals surface area contributed by atoms with Crippen LogP contribution in [0.4, 0.5) is 9.52 Å². The van der Waals surface area contributed by atoms with Crippen molar-refractivity contribution < 1.29 is 19.1 Å². The van der Waals surface area contributed by atoms with E-state index in [1.54, 1.807) is 24.3 Å². The fourth-order valence-electron chi connectivity index (χ4n) is 3.34. The van der Waals surface area contributed by atoms with E-state index in [1.807, 2.05) is 13.8 Å². The van der Waals surface area contributed by atoms with Gasteiger partial charge in [-0.05, 0) is 55.8 Å². The van der Waals surface area contributed by atoms with Crippen molar-refractivity contribution in [3.63, 3.8) is 0 Å². The number of rotatable bonds is 3. The minimum atomic E-state index is -0.918. The van der Waals surface area contributed by atoms with Crippen LogP contribution < -0.4 is 4.90 Å². The highest BCUT2D eigenvalue weighted by Crippen LogP contribution is 2.44. The van der Waals surface area contributed by atoms with Gasteiger partial charge >= 0.3 is 5.91 Å². The smallest absolute Gasteiger partial charge is 0.301 e. The first-order valence-electron chi connectivity index (χ1n) is 9.04. The molecule has 2 aromatic carbocycles. The summed E-state index contributed by atoms with van der Waals surface area (Å²) in [5.74, 6) is -2.50. The van der Waals surface area contributed by atoms with Gasteiger partial charge in [-0.2, -0.15) is 0 Å². The number of carbonyl (C=O) groups excluding carboxylic acids is 2. The number of carbonyl (C=O) groups is 2. The summed E-state index contributed by atoms with van der Waals surface area (Å²) in [5, 5.41) is 11.7. The van der Waals surface area contributed by atoms with E-state index in [2.05, 4.69) is 4.98 Å². The van der Waals surface area contributed by atoms with E-state index < -0.39 is 23.5 Å². The summed E-state index contributed by atoms with van der Waals surface area (Å²) >= 11 is 7.45. The van der Waals surface area contributed by atoms with E-state index in [1.165, 1.54) is 40.5 Å². The van der Waals surface area contributed by atoms with Crippen LogP contribution in [0.5, 0.6) is 0 Å². The van der Waals surface area contributed by atoms with Crippen LogP contribution in [0.25, 0.3) is 5.76 Å². The van der Waals surface area contributed by atoms with Gasteiger partial charge in [0.25, 0.3) is 5.78 Å². The summed E-state index contributed by atoms with van der Waals surface area (Å²) in [6.45, 7) is 3.69. The number of Topliss-reactive ketones (excluding diaryl/α,β-unsaturated/α-hetero) is 1. The van der Waals surface area contributed by atoms with Gasteiger partial charge in [-0.25, -0.2) is 9.37 Å². The molecule has 0 radical (unpaired) electrons. The number of thiazole rings is 1. The van der Waals surface area contributed by atoms with Crippen molar-refractivity contribution in [2.45, 2.75) is 19.9 Å². The third-order valence-electron chi connectivity index (χ3n) is 4.95. The maximum Gasteiger partial charge on any atom is 0.301 e. The van der Waals surface area contributed by atoms with E-state index in [-0.39, 0.29) is 16.9 Å².